The molecule has 2 rings (SSSR count). The zero-order valence-electron chi connectivity index (χ0n) is 10.6. The van der Waals surface area contributed by atoms with Gasteiger partial charge >= 0.3 is 0 Å². The number of aromatic nitrogens is 2. The van der Waals surface area contributed by atoms with Gasteiger partial charge in [-0.3, -0.25) is 10.4 Å². The Bertz CT molecular complexity index is 390. The van der Waals surface area contributed by atoms with Crippen LogP contribution in [-0.4, -0.2) is 16.2 Å². The second-order valence-electron chi connectivity index (χ2n) is 4.91. The zero-order valence-corrected chi connectivity index (χ0v) is 10.6. The van der Waals surface area contributed by atoms with E-state index in [2.05, 4.69) is 21.6 Å². The molecule has 0 amide bonds. The van der Waals surface area contributed by atoms with E-state index >= 15 is 0 Å². The quantitative estimate of drug-likeness (QED) is 0.841. The van der Waals surface area contributed by atoms with Crippen molar-refractivity contribution in [1.82, 2.24) is 15.5 Å². The highest BCUT2D eigenvalue weighted by molar-refractivity contribution is 5.31. The molecule has 1 saturated carbocycles. The minimum atomic E-state index is -0.225. The molecule has 0 aromatic carbocycles. The van der Waals surface area contributed by atoms with Gasteiger partial charge in [0.15, 0.2) is 0 Å². The average molecular weight is 232 g/mol. The van der Waals surface area contributed by atoms with Crippen LogP contribution in [0.15, 0.2) is 0 Å². The summed E-state index contributed by atoms with van der Waals surface area (Å²) in [5, 5.41) is 19.9. The second-order valence-corrected chi connectivity index (χ2v) is 4.91. The van der Waals surface area contributed by atoms with Gasteiger partial charge in [-0.2, -0.15) is 10.4 Å². The molecule has 1 aliphatic rings. The third kappa shape index (κ3) is 2.67. The molecule has 1 aliphatic carbocycles. The number of nitriles is 1. The maximum Gasteiger partial charge on any atom is 0.125 e. The lowest BCUT2D eigenvalue weighted by atomic mass is 9.94. The van der Waals surface area contributed by atoms with Gasteiger partial charge in [-0.05, 0) is 26.7 Å². The summed E-state index contributed by atoms with van der Waals surface area (Å²) >= 11 is 0. The summed E-state index contributed by atoms with van der Waals surface area (Å²) in [4.78, 5) is 0. The predicted molar refractivity (Wildman–Crippen MR) is 66.4 cm³/mol. The van der Waals surface area contributed by atoms with Gasteiger partial charge in [-0.1, -0.05) is 19.3 Å². The lowest BCUT2D eigenvalue weighted by Gasteiger charge is -2.25. The Morgan fingerprint density at radius 3 is 2.59 bits per heavy atom. The van der Waals surface area contributed by atoms with E-state index in [1.807, 2.05) is 13.8 Å². The van der Waals surface area contributed by atoms with Crippen LogP contribution in [-0.2, 0) is 0 Å². The molecule has 0 saturated heterocycles. The van der Waals surface area contributed by atoms with Crippen molar-refractivity contribution in [3.8, 4) is 6.07 Å². The van der Waals surface area contributed by atoms with Gasteiger partial charge in [0.05, 0.1) is 11.8 Å². The van der Waals surface area contributed by atoms with Crippen molar-refractivity contribution in [1.29, 1.82) is 5.26 Å². The van der Waals surface area contributed by atoms with Crippen LogP contribution in [0.4, 0.5) is 0 Å². The lowest BCUT2D eigenvalue weighted by Crippen LogP contribution is -2.34. The fraction of sp³-hybridized carbons (Fsp3) is 0.692. The number of rotatable bonds is 3. The van der Waals surface area contributed by atoms with Crippen molar-refractivity contribution in [2.45, 2.75) is 58.0 Å². The smallest absolute Gasteiger partial charge is 0.125 e. The minimum absolute atomic E-state index is 0.225. The van der Waals surface area contributed by atoms with E-state index in [1.165, 1.54) is 32.1 Å². The fourth-order valence-electron chi connectivity index (χ4n) is 2.68. The van der Waals surface area contributed by atoms with E-state index in [4.69, 9.17) is 0 Å². The standard InChI is InChI=1S/C13H20N4/c1-9-13(10(2)17-16-9)12(8-14)15-11-6-4-3-5-7-11/h11-12,15H,3-7H2,1-2H3,(H,16,17). The van der Waals surface area contributed by atoms with E-state index in [1.54, 1.807) is 0 Å². The van der Waals surface area contributed by atoms with Gasteiger partial charge < -0.3 is 0 Å². The maximum atomic E-state index is 9.32. The molecule has 0 aliphatic heterocycles. The minimum Gasteiger partial charge on any atom is -0.295 e. The monoisotopic (exact) mass is 232 g/mol. The third-order valence-electron chi connectivity index (χ3n) is 3.61. The van der Waals surface area contributed by atoms with E-state index in [0.717, 1.165) is 17.0 Å². The molecule has 4 heteroatoms. The molecule has 1 heterocycles. The van der Waals surface area contributed by atoms with Crippen LogP contribution in [0, 0.1) is 25.2 Å². The first kappa shape index (κ1) is 12.1. The number of hydrogen-bond acceptors (Lipinski definition) is 3. The van der Waals surface area contributed by atoms with Gasteiger partial charge in [0.2, 0.25) is 0 Å². The summed E-state index contributed by atoms with van der Waals surface area (Å²) in [6, 6.07) is 2.63. The Kier molecular flexibility index (Phi) is 3.80. The van der Waals surface area contributed by atoms with Crippen molar-refractivity contribution in [2.75, 3.05) is 0 Å². The topological polar surface area (TPSA) is 64.5 Å². The lowest BCUT2D eigenvalue weighted by molar-refractivity contribution is 0.359. The second kappa shape index (κ2) is 5.33. The van der Waals surface area contributed by atoms with E-state index in [-0.39, 0.29) is 6.04 Å². The van der Waals surface area contributed by atoms with Crippen LogP contribution in [0.2, 0.25) is 0 Å². The summed E-state index contributed by atoms with van der Waals surface area (Å²) in [5.74, 6) is 0. The number of H-pyrrole nitrogens is 1. The van der Waals surface area contributed by atoms with Gasteiger partial charge in [-0.15, -0.1) is 0 Å². The van der Waals surface area contributed by atoms with Crippen LogP contribution in [0.1, 0.15) is 55.1 Å². The Labute approximate surface area is 102 Å². The molecular formula is C13H20N4. The fourth-order valence-corrected chi connectivity index (χ4v) is 2.68. The van der Waals surface area contributed by atoms with Crippen molar-refractivity contribution >= 4 is 0 Å². The largest absolute Gasteiger partial charge is 0.295 e. The molecule has 17 heavy (non-hydrogen) atoms. The first-order valence-corrected chi connectivity index (χ1v) is 6.39. The summed E-state index contributed by atoms with van der Waals surface area (Å²) < 4.78 is 0. The molecule has 1 fully saturated rings. The summed E-state index contributed by atoms with van der Waals surface area (Å²) in [7, 11) is 0. The molecule has 92 valence electrons. The number of aryl methyl sites for hydroxylation is 2. The van der Waals surface area contributed by atoms with Crippen LogP contribution in [0.3, 0.4) is 0 Å². The van der Waals surface area contributed by atoms with Gasteiger partial charge in [0, 0.05) is 17.3 Å². The van der Waals surface area contributed by atoms with Crippen LogP contribution < -0.4 is 5.32 Å². The Morgan fingerprint density at radius 1 is 1.35 bits per heavy atom. The molecule has 1 aromatic heterocycles. The van der Waals surface area contributed by atoms with Crippen LogP contribution >= 0.6 is 0 Å². The number of hydrogen-bond donors (Lipinski definition) is 2. The SMILES string of the molecule is Cc1n[nH]c(C)c1C(C#N)NC1CCCCC1. The predicted octanol–water partition coefficient (Wildman–Crippen LogP) is 2.51. The van der Waals surface area contributed by atoms with E-state index in [0.29, 0.717) is 6.04 Å². The average Bonchev–Trinajstić information content (AvgIpc) is 2.68. The van der Waals surface area contributed by atoms with Crippen LogP contribution in [0.5, 0.6) is 0 Å². The molecule has 0 radical (unpaired) electrons. The highest BCUT2D eigenvalue weighted by atomic mass is 15.1. The molecule has 1 unspecified atom stereocenters. The summed E-state index contributed by atoms with van der Waals surface area (Å²) in [6.07, 6.45) is 6.26. The van der Waals surface area contributed by atoms with Crippen molar-refractivity contribution in [2.24, 2.45) is 0 Å². The molecule has 2 N–H and O–H groups in total. The first-order chi connectivity index (χ1) is 8.22. The van der Waals surface area contributed by atoms with Gasteiger partial charge in [0.25, 0.3) is 0 Å². The molecule has 1 atom stereocenters. The first-order valence-electron chi connectivity index (χ1n) is 6.39. The summed E-state index contributed by atoms with van der Waals surface area (Å²) in [6.45, 7) is 3.92. The van der Waals surface area contributed by atoms with E-state index in [9.17, 15) is 5.26 Å². The summed E-state index contributed by atoms with van der Waals surface area (Å²) in [5.41, 5.74) is 2.95. The van der Waals surface area contributed by atoms with Crippen LogP contribution in [0.25, 0.3) is 0 Å². The maximum absolute atomic E-state index is 9.32. The molecule has 0 bridgehead atoms. The Hall–Kier alpha value is -1.34. The number of aromatic amines is 1. The normalized spacial score (nSPS) is 18.9. The third-order valence-corrected chi connectivity index (χ3v) is 3.61. The van der Waals surface area contributed by atoms with E-state index < -0.39 is 0 Å². The number of nitrogens with one attached hydrogen (secondary N) is 2. The molecule has 4 nitrogen and oxygen atoms in total. The number of nitrogens with zero attached hydrogens (tertiary/aromatic N) is 2. The van der Waals surface area contributed by atoms with Gasteiger partial charge in [-0.25, -0.2) is 0 Å². The van der Waals surface area contributed by atoms with Crippen molar-refractivity contribution < 1.29 is 0 Å². The Morgan fingerprint density at radius 2 is 2.06 bits per heavy atom. The highest BCUT2D eigenvalue weighted by Crippen LogP contribution is 2.24. The Balaban J connectivity index is 2.09. The van der Waals surface area contributed by atoms with Gasteiger partial charge in [0.1, 0.15) is 6.04 Å². The molecular weight excluding hydrogens is 212 g/mol. The van der Waals surface area contributed by atoms with Crippen molar-refractivity contribution in [3.63, 3.8) is 0 Å². The zero-order chi connectivity index (χ0) is 12.3. The highest BCUT2D eigenvalue weighted by Gasteiger charge is 2.22. The molecule has 0 spiro atoms. The molecule has 1 aromatic rings. The van der Waals surface area contributed by atoms with Crippen molar-refractivity contribution in [3.05, 3.63) is 17.0 Å².